The van der Waals surface area contributed by atoms with Crippen molar-refractivity contribution < 1.29 is 14.3 Å². The summed E-state index contributed by atoms with van der Waals surface area (Å²) in [6.45, 7) is 4.37. The fraction of sp³-hybridized carbons (Fsp3) is 0.455. The van der Waals surface area contributed by atoms with Gasteiger partial charge in [0.25, 0.3) is 0 Å². The number of carbonyl (C=O) groups is 1. The molecule has 0 spiro atoms. The SMILES string of the molecule is COCCCc1cc(CN(C(=O)[C@H](C#N)Cc2ccc(N3CC[C@@H](Oc4c(Cl)cc(C)cc4Cl)C3)nc2)C2CC2)c(Cl)cn1. The Morgan fingerprint density at radius 3 is 2.55 bits per heavy atom. The Balaban J connectivity index is 1.20. The van der Waals surface area contributed by atoms with Crippen LogP contribution in [0.25, 0.3) is 0 Å². The highest BCUT2D eigenvalue weighted by atomic mass is 35.5. The van der Waals surface area contributed by atoms with E-state index in [0.717, 1.165) is 66.9 Å². The van der Waals surface area contributed by atoms with E-state index in [4.69, 9.17) is 44.3 Å². The van der Waals surface area contributed by atoms with Crippen LogP contribution in [-0.4, -0.2) is 59.7 Å². The number of hydrogen-bond donors (Lipinski definition) is 0. The Morgan fingerprint density at radius 2 is 1.89 bits per heavy atom. The monoisotopic (exact) mass is 655 g/mol. The van der Waals surface area contributed by atoms with Gasteiger partial charge in [0.05, 0.1) is 27.7 Å². The summed E-state index contributed by atoms with van der Waals surface area (Å²) < 4.78 is 11.3. The molecule has 1 saturated heterocycles. The van der Waals surface area contributed by atoms with Crippen molar-refractivity contribution in [3.05, 3.63) is 80.2 Å². The molecule has 0 N–H and O–H groups in total. The first-order valence-electron chi connectivity index (χ1n) is 14.9. The van der Waals surface area contributed by atoms with E-state index in [1.165, 1.54) is 0 Å². The van der Waals surface area contributed by atoms with Crippen molar-refractivity contribution in [2.24, 2.45) is 5.92 Å². The standard InChI is InChI=1S/C33H36Cl3N5O3/c1-21-12-28(34)32(29(35)13-21)44-27-9-10-40(20-27)31-8-5-22(17-39-31)14-23(16-37)33(42)41(26-6-7-26)19-24-15-25(4-3-11-43-2)38-18-30(24)36/h5,8,12-13,15,17-18,23,26-27H,3-4,6-7,9-11,14,19-20H2,1-2H3/t23-,27+/m0/s1. The minimum Gasteiger partial charge on any atom is -0.485 e. The van der Waals surface area contributed by atoms with Gasteiger partial charge in [-0.15, -0.1) is 0 Å². The van der Waals surface area contributed by atoms with Crippen LogP contribution in [0.15, 0.2) is 42.7 Å². The van der Waals surface area contributed by atoms with E-state index in [9.17, 15) is 10.1 Å². The smallest absolute Gasteiger partial charge is 0.240 e. The molecule has 44 heavy (non-hydrogen) atoms. The first-order valence-corrected chi connectivity index (χ1v) is 16.0. The van der Waals surface area contributed by atoms with Crippen molar-refractivity contribution in [3.8, 4) is 11.8 Å². The van der Waals surface area contributed by atoms with Crippen molar-refractivity contribution in [1.29, 1.82) is 5.26 Å². The van der Waals surface area contributed by atoms with Gasteiger partial charge in [0.15, 0.2) is 5.75 Å². The lowest BCUT2D eigenvalue weighted by Gasteiger charge is -2.25. The number of nitrogens with zero attached hydrogens (tertiary/aromatic N) is 5. The van der Waals surface area contributed by atoms with E-state index in [1.807, 2.05) is 42.2 Å². The summed E-state index contributed by atoms with van der Waals surface area (Å²) >= 11 is 19.2. The Labute approximate surface area is 273 Å². The number of methoxy groups -OCH3 is 1. The topological polar surface area (TPSA) is 91.6 Å². The van der Waals surface area contributed by atoms with Gasteiger partial charge in [-0.2, -0.15) is 5.26 Å². The molecule has 8 nitrogen and oxygen atoms in total. The Bertz CT molecular complexity index is 1490. The van der Waals surface area contributed by atoms with Crippen LogP contribution in [0, 0.1) is 24.2 Å². The number of benzene rings is 1. The normalized spacial score (nSPS) is 16.9. The molecule has 11 heteroatoms. The second kappa shape index (κ2) is 14.8. The second-order valence-corrected chi connectivity index (χ2v) is 12.7. The molecule has 2 fully saturated rings. The molecular weight excluding hydrogens is 621 g/mol. The van der Waals surface area contributed by atoms with Crippen LogP contribution >= 0.6 is 34.8 Å². The fourth-order valence-electron chi connectivity index (χ4n) is 5.49. The van der Waals surface area contributed by atoms with Crippen LogP contribution < -0.4 is 9.64 Å². The highest BCUT2D eigenvalue weighted by Crippen LogP contribution is 2.36. The average Bonchev–Trinajstić information content (AvgIpc) is 3.74. The van der Waals surface area contributed by atoms with Gasteiger partial charge in [-0.1, -0.05) is 40.9 Å². The Kier molecular flexibility index (Phi) is 10.9. The zero-order valence-electron chi connectivity index (χ0n) is 24.9. The van der Waals surface area contributed by atoms with Gasteiger partial charge in [0.2, 0.25) is 5.91 Å². The molecule has 0 radical (unpaired) electrons. The van der Waals surface area contributed by atoms with E-state index in [-0.39, 0.29) is 24.5 Å². The predicted molar refractivity (Wildman–Crippen MR) is 173 cm³/mol. The first kappa shape index (κ1) is 32.3. The van der Waals surface area contributed by atoms with Gasteiger partial charge < -0.3 is 19.3 Å². The summed E-state index contributed by atoms with van der Waals surface area (Å²) in [5.41, 5.74) is 3.56. The minimum atomic E-state index is -0.821. The molecule has 5 rings (SSSR count). The zero-order chi connectivity index (χ0) is 31.2. The lowest BCUT2D eigenvalue weighted by atomic mass is 10.00. The molecular formula is C33H36Cl3N5O3. The molecule has 1 aliphatic carbocycles. The van der Waals surface area contributed by atoms with Crippen LogP contribution in [-0.2, 0) is 28.9 Å². The van der Waals surface area contributed by atoms with Gasteiger partial charge in [-0.05, 0) is 80.0 Å². The molecule has 0 bridgehead atoms. The number of pyridine rings is 2. The zero-order valence-corrected chi connectivity index (χ0v) is 27.2. The predicted octanol–water partition coefficient (Wildman–Crippen LogP) is 6.86. The third-order valence-electron chi connectivity index (χ3n) is 7.98. The van der Waals surface area contributed by atoms with Crippen LogP contribution in [0.4, 0.5) is 5.82 Å². The van der Waals surface area contributed by atoms with Crippen molar-refractivity contribution in [3.63, 3.8) is 0 Å². The summed E-state index contributed by atoms with van der Waals surface area (Å²) in [7, 11) is 1.68. The molecule has 0 unspecified atom stereocenters. The summed E-state index contributed by atoms with van der Waals surface area (Å²) in [6.07, 6.45) is 7.88. The Hall–Kier alpha value is -3.09. The maximum atomic E-state index is 13.7. The molecule has 232 valence electrons. The van der Waals surface area contributed by atoms with Gasteiger partial charge in [0, 0.05) is 57.4 Å². The molecule has 2 aliphatic rings. The number of ether oxygens (including phenoxy) is 2. The van der Waals surface area contributed by atoms with E-state index >= 15 is 0 Å². The van der Waals surface area contributed by atoms with Crippen molar-refractivity contribution >= 4 is 46.5 Å². The molecule has 3 heterocycles. The lowest BCUT2D eigenvalue weighted by Crippen LogP contribution is -2.38. The second-order valence-electron chi connectivity index (χ2n) is 11.5. The Morgan fingerprint density at radius 1 is 1.11 bits per heavy atom. The number of anilines is 1. The van der Waals surface area contributed by atoms with Gasteiger partial charge in [0.1, 0.15) is 17.8 Å². The summed E-state index contributed by atoms with van der Waals surface area (Å²) in [5, 5.41) is 11.5. The number of nitriles is 1. The van der Waals surface area contributed by atoms with Crippen LogP contribution in [0.2, 0.25) is 15.1 Å². The summed E-state index contributed by atoms with van der Waals surface area (Å²) in [4.78, 5) is 26.7. The van der Waals surface area contributed by atoms with Gasteiger partial charge in [-0.25, -0.2) is 4.98 Å². The van der Waals surface area contributed by atoms with Gasteiger partial charge in [-0.3, -0.25) is 9.78 Å². The number of carbonyl (C=O) groups excluding carboxylic acids is 1. The van der Waals surface area contributed by atoms with Crippen LogP contribution in [0.3, 0.4) is 0 Å². The van der Waals surface area contributed by atoms with Crippen molar-refractivity contribution in [1.82, 2.24) is 14.9 Å². The maximum absolute atomic E-state index is 13.7. The average molecular weight is 657 g/mol. The first-order chi connectivity index (χ1) is 21.2. The van der Waals surface area contributed by atoms with E-state index < -0.39 is 5.92 Å². The van der Waals surface area contributed by atoms with E-state index in [2.05, 4.69) is 20.9 Å². The fourth-order valence-corrected chi connectivity index (χ4v) is 6.34. The van der Waals surface area contributed by atoms with Crippen LogP contribution in [0.5, 0.6) is 5.75 Å². The van der Waals surface area contributed by atoms with Crippen molar-refractivity contribution in [2.45, 2.75) is 64.1 Å². The highest BCUT2D eigenvalue weighted by Gasteiger charge is 2.36. The highest BCUT2D eigenvalue weighted by molar-refractivity contribution is 6.37. The summed E-state index contributed by atoms with van der Waals surface area (Å²) in [6, 6.07) is 11.9. The number of hydrogen-bond acceptors (Lipinski definition) is 7. The van der Waals surface area contributed by atoms with E-state index in [1.54, 1.807) is 19.5 Å². The van der Waals surface area contributed by atoms with Crippen molar-refractivity contribution in [2.75, 3.05) is 31.7 Å². The molecule has 1 aliphatic heterocycles. The number of aryl methyl sites for hydroxylation is 2. The number of halogens is 3. The van der Waals surface area contributed by atoms with Crippen LogP contribution in [0.1, 0.15) is 48.1 Å². The molecule has 1 aromatic carbocycles. The maximum Gasteiger partial charge on any atom is 0.240 e. The largest absolute Gasteiger partial charge is 0.485 e. The molecule has 2 atom stereocenters. The third kappa shape index (κ3) is 8.13. The molecule has 3 aromatic rings. The number of aromatic nitrogens is 2. The summed E-state index contributed by atoms with van der Waals surface area (Å²) in [5.74, 6) is 0.323. The lowest BCUT2D eigenvalue weighted by molar-refractivity contribution is -0.135. The number of amides is 1. The molecule has 1 amide bonds. The van der Waals surface area contributed by atoms with E-state index in [0.29, 0.717) is 40.5 Å². The molecule has 1 saturated carbocycles. The minimum absolute atomic E-state index is 0.0708. The van der Waals surface area contributed by atoms with Gasteiger partial charge >= 0.3 is 0 Å². The quantitative estimate of drug-likeness (QED) is 0.186. The third-order valence-corrected chi connectivity index (χ3v) is 8.88. The number of rotatable bonds is 13. The molecule has 2 aromatic heterocycles.